The molecule has 4 nitrogen and oxygen atoms in total. The molecular formula is C44H58N2O2. The second-order valence-electron chi connectivity index (χ2n) is 17.2. The van der Waals surface area contributed by atoms with Gasteiger partial charge in [0.25, 0.3) is 0 Å². The first-order valence-electron chi connectivity index (χ1n) is 18.2. The van der Waals surface area contributed by atoms with Crippen LogP contribution < -0.4 is 15.2 Å². The van der Waals surface area contributed by atoms with Crippen LogP contribution in [0.4, 0.5) is 0 Å². The zero-order chi connectivity index (χ0) is 34.7. The first-order valence-corrected chi connectivity index (χ1v) is 18.2. The minimum absolute atomic E-state index is 0.310. The summed E-state index contributed by atoms with van der Waals surface area (Å²) in [4.78, 5) is 0. The van der Waals surface area contributed by atoms with E-state index in [0.29, 0.717) is 28.6 Å². The molecule has 4 heteroatoms. The zero-order valence-electron chi connectivity index (χ0n) is 30.7. The van der Waals surface area contributed by atoms with Gasteiger partial charge in [0.15, 0.2) is 0 Å². The lowest BCUT2D eigenvalue weighted by molar-refractivity contribution is 0.0881. The molecule has 0 unspecified atom stereocenters. The molecule has 0 atom stereocenters. The molecule has 0 amide bonds. The van der Waals surface area contributed by atoms with Gasteiger partial charge in [0.2, 0.25) is 0 Å². The van der Waals surface area contributed by atoms with Gasteiger partial charge in [-0.25, -0.2) is 0 Å². The lowest BCUT2D eigenvalue weighted by Crippen LogP contribution is -2.30. The number of hydrogen-bond acceptors (Lipinski definition) is 4. The summed E-state index contributed by atoms with van der Waals surface area (Å²) < 4.78 is 12.5. The molecule has 6 rings (SSSR count). The third-order valence-corrected chi connectivity index (χ3v) is 10.9. The van der Waals surface area contributed by atoms with Crippen LogP contribution in [0, 0.1) is 34.0 Å². The molecule has 0 radical (unpaired) electrons. The number of hydrogen-bond donors (Lipinski definition) is 1. The summed E-state index contributed by atoms with van der Waals surface area (Å²) in [5, 5.41) is 13.6. The summed E-state index contributed by atoms with van der Waals surface area (Å²) in [7, 11) is 0. The highest BCUT2D eigenvalue weighted by atomic mass is 16.5. The van der Waals surface area contributed by atoms with E-state index in [9.17, 15) is 0 Å². The number of ether oxygens (including phenoxy) is 2. The molecular weight excluding hydrogens is 588 g/mol. The molecule has 0 spiro atoms. The van der Waals surface area contributed by atoms with E-state index < -0.39 is 0 Å². The molecule has 48 heavy (non-hydrogen) atoms. The van der Waals surface area contributed by atoms with E-state index in [1.54, 1.807) is 0 Å². The van der Waals surface area contributed by atoms with Crippen molar-refractivity contribution in [3.8, 4) is 17.6 Å². The van der Waals surface area contributed by atoms with Crippen molar-refractivity contribution < 1.29 is 9.47 Å². The maximum atomic E-state index is 8.97. The Labute approximate surface area is 290 Å². The van der Waals surface area contributed by atoms with Gasteiger partial charge in [-0.15, -0.1) is 0 Å². The summed E-state index contributed by atoms with van der Waals surface area (Å²) in [6.07, 6.45) is 10.4. The molecule has 0 aromatic heterocycles. The van der Waals surface area contributed by atoms with Crippen LogP contribution in [0.3, 0.4) is 0 Å². The molecule has 2 saturated carbocycles. The Morgan fingerprint density at radius 2 is 0.938 bits per heavy atom. The molecule has 4 aromatic carbocycles. The van der Waals surface area contributed by atoms with E-state index in [1.807, 2.05) is 44.2 Å². The fraction of sp³-hybridized carbons (Fsp3) is 0.523. The van der Waals surface area contributed by atoms with Crippen LogP contribution in [-0.4, -0.2) is 12.2 Å². The van der Waals surface area contributed by atoms with E-state index in [0.717, 1.165) is 52.5 Å². The van der Waals surface area contributed by atoms with Crippen molar-refractivity contribution in [3.63, 3.8) is 0 Å². The summed E-state index contributed by atoms with van der Waals surface area (Å²) in [5.74, 6) is 3.57. The molecule has 0 bridgehead atoms. The maximum Gasteiger partial charge on any atom is 0.120 e. The molecule has 0 aliphatic heterocycles. The Kier molecular flexibility index (Phi) is 10.8. The minimum atomic E-state index is -0.310. The largest absolute Gasteiger partial charge is 0.490 e. The van der Waals surface area contributed by atoms with E-state index >= 15 is 0 Å². The summed E-state index contributed by atoms with van der Waals surface area (Å²) >= 11 is 0. The van der Waals surface area contributed by atoms with Gasteiger partial charge in [-0.05, 0) is 157 Å². The topological polar surface area (TPSA) is 68.3 Å². The van der Waals surface area contributed by atoms with Crippen molar-refractivity contribution in [3.05, 3.63) is 83.9 Å². The van der Waals surface area contributed by atoms with Crippen molar-refractivity contribution in [1.82, 2.24) is 0 Å². The predicted octanol–water partition coefficient (Wildman–Crippen LogP) is 11.7. The number of nitrogens with two attached hydrogens (primary N) is 1. The fourth-order valence-corrected chi connectivity index (χ4v) is 7.54. The quantitative estimate of drug-likeness (QED) is 0.234. The van der Waals surface area contributed by atoms with Crippen LogP contribution in [0.5, 0.6) is 11.5 Å². The molecule has 256 valence electrons. The second-order valence-corrected chi connectivity index (χ2v) is 17.2. The van der Waals surface area contributed by atoms with E-state index in [4.69, 9.17) is 20.5 Å². The van der Waals surface area contributed by atoms with Gasteiger partial charge in [0.1, 0.15) is 11.5 Å². The van der Waals surface area contributed by atoms with Crippen LogP contribution in [0.15, 0.2) is 72.8 Å². The van der Waals surface area contributed by atoms with Crippen LogP contribution >= 0.6 is 0 Å². The Morgan fingerprint density at radius 3 is 1.35 bits per heavy atom. The molecule has 2 aliphatic rings. The normalized spacial score (nSPS) is 22.0. The fourth-order valence-electron chi connectivity index (χ4n) is 7.54. The Balaban J connectivity index is 0.000000188. The first-order chi connectivity index (χ1) is 22.6. The Morgan fingerprint density at radius 1 is 0.542 bits per heavy atom. The van der Waals surface area contributed by atoms with Gasteiger partial charge in [-0.3, -0.25) is 0 Å². The summed E-state index contributed by atoms with van der Waals surface area (Å²) in [6.45, 7) is 18.2. The number of fused-ring (bicyclic) bond motifs is 2. The highest BCUT2D eigenvalue weighted by Crippen LogP contribution is 2.40. The first kappa shape index (κ1) is 35.7. The second kappa shape index (κ2) is 14.5. The molecule has 2 N–H and O–H groups in total. The number of rotatable bonds is 5. The van der Waals surface area contributed by atoms with Gasteiger partial charge in [-0.1, -0.05) is 71.9 Å². The average molecular weight is 647 g/mol. The number of benzene rings is 4. The van der Waals surface area contributed by atoms with Crippen LogP contribution in [-0.2, 0) is 5.54 Å². The standard InChI is InChI=1S/C23H33NO.C21H25NO/c1-22(2,3)18-9-12-20(13-10-18)25-21-11-7-16-14-19(23(4,5)24)8-6-17(16)15-21;1-21(2,3)18-7-10-19(11-8-18)23-20-9-6-16-12-15(14-22)4-5-17(16)13-20/h6-8,11,14-15,18,20H,9-10,12-13,24H2,1-5H3;4-6,9,12-13,18-19H,7-8,10-11H2,1-3H3. The molecule has 4 aromatic rings. The monoisotopic (exact) mass is 646 g/mol. The highest BCUT2D eigenvalue weighted by Gasteiger charge is 2.31. The van der Waals surface area contributed by atoms with Gasteiger partial charge in [0.05, 0.1) is 23.8 Å². The zero-order valence-corrected chi connectivity index (χ0v) is 30.7. The molecule has 2 fully saturated rings. The summed E-state index contributed by atoms with van der Waals surface area (Å²) in [5.41, 5.74) is 8.60. The predicted molar refractivity (Wildman–Crippen MR) is 201 cm³/mol. The highest BCUT2D eigenvalue weighted by molar-refractivity contribution is 5.85. The molecule has 2 aliphatic carbocycles. The van der Waals surface area contributed by atoms with E-state index in [2.05, 4.69) is 90.1 Å². The van der Waals surface area contributed by atoms with Crippen molar-refractivity contribution in [1.29, 1.82) is 5.26 Å². The Bertz CT molecular complexity index is 1710. The van der Waals surface area contributed by atoms with Gasteiger partial charge < -0.3 is 15.2 Å². The van der Waals surface area contributed by atoms with Crippen molar-refractivity contribution in [2.45, 2.75) is 125 Å². The van der Waals surface area contributed by atoms with Crippen LogP contribution in [0.2, 0.25) is 0 Å². The SMILES string of the molecule is CC(C)(C)C1CCC(Oc2ccc3cc(C#N)ccc3c2)CC1.CC(C)(N)c1ccc2cc(OC3CCC(C(C)(C)C)CC3)ccc2c1. The number of nitrogens with zero attached hydrogens (tertiary/aromatic N) is 1. The third-order valence-electron chi connectivity index (χ3n) is 10.9. The lowest BCUT2D eigenvalue weighted by Gasteiger charge is -2.37. The smallest absolute Gasteiger partial charge is 0.120 e. The third kappa shape index (κ3) is 9.32. The van der Waals surface area contributed by atoms with Crippen molar-refractivity contribution >= 4 is 21.5 Å². The van der Waals surface area contributed by atoms with Gasteiger partial charge in [-0.2, -0.15) is 5.26 Å². The molecule has 0 heterocycles. The van der Waals surface area contributed by atoms with Gasteiger partial charge >= 0.3 is 0 Å². The van der Waals surface area contributed by atoms with Crippen molar-refractivity contribution in [2.75, 3.05) is 0 Å². The number of nitriles is 1. The Hall–Kier alpha value is -3.55. The lowest BCUT2D eigenvalue weighted by atomic mass is 9.72. The van der Waals surface area contributed by atoms with Gasteiger partial charge in [0, 0.05) is 5.54 Å². The summed E-state index contributed by atoms with van der Waals surface area (Å²) in [6, 6.07) is 27.0. The maximum absolute atomic E-state index is 8.97. The van der Waals surface area contributed by atoms with Crippen molar-refractivity contribution in [2.24, 2.45) is 28.4 Å². The van der Waals surface area contributed by atoms with Crippen LogP contribution in [0.1, 0.15) is 118 Å². The molecule has 0 saturated heterocycles. The minimum Gasteiger partial charge on any atom is -0.490 e. The van der Waals surface area contributed by atoms with Crippen LogP contribution in [0.25, 0.3) is 21.5 Å². The van der Waals surface area contributed by atoms with E-state index in [-0.39, 0.29) is 5.54 Å². The van der Waals surface area contributed by atoms with E-state index in [1.165, 1.54) is 49.3 Å². The average Bonchev–Trinajstić information content (AvgIpc) is 3.04.